The van der Waals surface area contributed by atoms with Gasteiger partial charge in [-0.1, -0.05) is 38.2 Å². The van der Waals surface area contributed by atoms with E-state index in [1.807, 2.05) is 13.8 Å². The van der Waals surface area contributed by atoms with Crippen LogP contribution >= 0.6 is 0 Å². The van der Waals surface area contributed by atoms with Crippen LogP contribution in [0, 0.1) is 10.8 Å². The fourth-order valence-corrected chi connectivity index (χ4v) is 2.14. The Labute approximate surface area is 114 Å². The number of hydrogen-bond acceptors (Lipinski definition) is 3. The Morgan fingerprint density at radius 1 is 1.11 bits per heavy atom. The molecule has 4 heteroatoms. The number of hydrogen-bond donors (Lipinski definition) is 1. The molecule has 4 nitrogen and oxygen atoms in total. The van der Waals surface area contributed by atoms with Gasteiger partial charge in [0.2, 0.25) is 0 Å². The molecule has 0 bridgehead atoms. The number of carboxylic acid groups (broad SMARTS) is 1. The summed E-state index contributed by atoms with van der Waals surface area (Å²) in [5.41, 5.74) is -2.47. The topological polar surface area (TPSA) is 63.6 Å². The van der Waals surface area contributed by atoms with E-state index in [0.29, 0.717) is 0 Å². The quantitative estimate of drug-likeness (QED) is 0.777. The van der Waals surface area contributed by atoms with Gasteiger partial charge in [-0.25, -0.2) is 0 Å². The first kappa shape index (κ1) is 15.5. The Morgan fingerprint density at radius 3 is 2.00 bits per heavy atom. The van der Waals surface area contributed by atoms with Crippen molar-refractivity contribution in [2.45, 2.75) is 46.6 Å². The van der Waals surface area contributed by atoms with Gasteiger partial charge in [0, 0.05) is 0 Å². The van der Waals surface area contributed by atoms with Gasteiger partial charge in [0.25, 0.3) is 0 Å². The summed E-state index contributed by atoms with van der Waals surface area (Å²) in [5.74, 6) is -1.51. The van der Waals surface area contributed by atoms with Gasteiger partial charge in [-0.15, -0.1) is 0 Å². The summed E-state index contributed by atoms with van der Waals surface area (Å²) in [7, 11) is 0. The highest BCUT2D eigenvalue weighted by atomic mass is 16.5. The molecule has 106 valence electrons. The molecule has 0 saturated heterocycles. The summed E-state index contributed by atoms with van der Waals surface area (Å²) < 4.78 is 5.45. The number of esters is 1. The molecule has 0 aliphatic heterocycles. The van der Waals surface area contributed by atoms with Crippen LogP contribution in [0.5, 0.6) is 0 Å². The van der Waals surface area contributed by atoms with E-state index < -0.39 is 22.8 Å². The number of aliphatic carboxylic acids is 1. The molecule has 1 N–H and O–H groups in total. The zero-order valence-electron chi connectivity index (χ0n) is 12.0. The molecule has 0 aromatic carbocycles. The Balaban J connectivity index is 3.06. The van der Waals surface area contributed by atoms with E-state index >= 15 is 0 Å². The van der Waals surface area contributed by atoms with Crippen molar-refractivity contribution in [2.24, 2.45) is 10.8 Å². The van der Waals surface area contributed by atoms with Gasteiger partial charge in [0.05, 0.1) is 0 Å². The molecule has 0 radical (unpaired) electrons. The highest BCUT2D eigenvalue weighted by Gasteiger charge is 2.54. The molecule has 1 rings (SSSR count). The van der Waals surface area contributed by atoms with Crippen LogP contribution in [0.1, 0.15) is 40.5 Å². The van der Waals surface area contributed by atoms with Gasteiger partial charge >= 0.3 is 11.9 Å². The van der Waals surface area contributed by atoms with Crippen LogP contribution in [-0.4, -0.2) is 23.1 Å². The number of ether oxygens (including phenoxy) is 1. The average Bonchev–Trinajstić information content (AvgIpc) is 2.38. The lowest BCUT2D eigenvalue weighted by atomic mass is 9.63. The first-order valence-electron chi connectivity index (χ1n) is 6.63. The predicted molar refractivity (Wildman–Crippen MR) is 72.6 cm³/mol. The van der Waals surface area contributed by atoms with Gasteiger partial charge in [-0.2, -0.15) is 0 Å². The fraction of sp³-hybridized carbons (Fsp3) is 0.600. The van der Waals surface area contributed by atoms with Crippen molar-refractivity contribution in [3.8, 4) is 0 Å². The second-order valence-corrected chi connectivity index (χ2v) is 5.27. The van der Waals surface area contributed by atoms with E-state index in [1.165, 1.54) is 0 Å². The summed E-state index contributed by atoms with van der Waals surface area (Å²) in [6.45, 7) is 7.04. The van der Waals surface area contributed by atoms with E-state index in [1.54, 1.807) is 38.2 Å². The van der Waals surface area contributed by atoms with Crippen LogP contribution in [0.25, 0.3) is 0 Å². The summed E-state index contributed by atoms with van der Waals surface area (Å²) in [4.78, 5) is 23.9. The van der Waals surface area contributed by atoms with Crippen LogP contribution in [0.3, 0.4) is 0 Å². The number of carbonyl (C=O) groups excluding carboxylic acids is 1. The summed E-state index contributed by atoms with van der Waals surface area (Å²) in [5, 5.41) is 9.44. The standard InChI is InChI=1S/C15H22O4/c1-5-11(6-2)19-13(18)15(4)10-8-7-9-14(15,3)12(16)17/h7-11H,5-6H2,1-4H3,(H,16,17). The van der Waals surface area contributed by atoms with E-state index in [9.17, 15) is 14.7 Å². The first-order chi connectivity index (χ1) is 8.81. The molecule has 1 aliphatic carbocycles. The molecule has 19 heavy (non-hydrogen) atoms. The summed E-state index contributed by atoms with van der Waals surface area (Å²) in [6.07, 6.45) is 7.79. The van der Waals surface area contributed by atoms with Crippen molar-refractivity contribution in [1.82, 2.24) is 0 Å². The minimum Gasteiger partial charge on any atom is -0.481 e. The van der Waals surface area contributed by atoms with Crippen LogP contribution in [0.15, 0.2) is 24.3 Å². The third kappa shape index (κ3) is 2.57. The molecule has 1 aliphatic rings. The van der Waals surface area contributed by atoms with Crippen LogP contribution in [0.4, 0.5) is 0 Å². The smallest absolute Gasteiger partial charge is 0.317 e. The van der Waals surface area contributed by atoms with Crippen molar-refractivity contribution in [2.75, 3.05) is 0 Å². The second-order valence-electron chi connectivity index (χ2n) is 5.27. The molecule has 0 amide bonds. The normalized spacial score (nSPS) is 29.5. The van der Waals surface area contributed by atoms with Gasteiger partial charge in [0.15, 0.2) is 0 Å². The number of rotatable bonds is 5. The second kappa shape index (κ2) is 5.59. The SMILES string of the molecule is CCC(CC)OC(=O)C1(C)C=CC=CC1(C)C(=O)O. The van der Waals surface area contributed by atoms with Crippen LogP contribution in [0.2, 0.25) is 0 Å². The van der Waals surface area contributed by atoms with Gasteiger partial charge in [0.1, 0.15) is 16.9 Å². The monoisotopic (exact) mass is 266 g/mol. The molecule has 2 atom stereocenters. The molecule has 0 heterocycles. The largest absolute Gasteiger partial charge is 0.481 e. The molecular weight excluding hydrogens is 244 g/mol. The number of carbonyl (C=O) groups is 2. The molecule has 0 spiro atoms. The van der Waals surface area contributed by atoms with Crippen molar-refractivity contribution < 1.29 is 19.4 Å². The molecular formula is C15H22O4. The minimum absolute atomic E-state index is 0.165. The number of carboxylic acids is 1. The van der Waals surface area contributed by atoms with E-state index in [4.69, 9.17) is 4.74 Å². The van der Waals surface area contributed by atoms with E-state index in [2.05, 4.69) is 0 Å². The highest BCUT2D eigenvalue weighted by molar-refractivity contribution is 5.91. The molecule has 2 unspecified atom stereocenters. The zero-order chi connectivity index (χ0) is 14.7. The Kier molecular flexibility index (Phi) is 4.56. The van der Waals surface area contributed by atoms with Crippen LogP contribution < -0.4 is 0 Å². The molecule has 0 saturated carbocycles. The van der Waals surface area contributed by atoms with Crippen molar-refractivity contribution in [3.05, 3.63) is 24.3 Å². The lowest BCUT2D eigenvalue weighted by Gasteiger charge is -2.39. The zero-order valence-corrected chi connectivity index (χ0v) is 12.0. The lowest BCUT2D eigenvalue weighted by Crippen LogP contribution is -2.49. The predicted octanol–water partition coefficient (Wildman–Crippen LogP) is 2.94. The maximum Gasteiger partial charge on any atom is 0.317 e. The molecule has 0 aromatic heterocycles. The van der Waals surface area contributed by atoms with Gasteiger partial charge in [-0.3, -0.25) is 9.59 Å². The van der Waals surface area contributed by atoms with E-state index in [0.717, 1.165) is 12.8 Å². The molecule has 0 fully saturated rings. The summed E-state index contributed by atoms with van der Waals surface area (Å²) >= 11 is 0. The third-order valence-electron chi connectivity index (χ3n) is 4.10. The molecule has 0 aromatic rings. The van der Waals surface area contributed by atoms with Crippen molar-refractivity contribution in [3.63, 3.8) is 0 Å². The maximum atomic E-state index is 12.4. The van der Waals surface area contributed by atoms with E-state index in [-0.39, 0.29) is 6.10 Å². The fourth-order valence-electron chi connectivity index (χ4n) is 2.14. The van der Waals surface area contributed by atoms with Crippen molar-refractivity contribution in [1.29, 1.82) is 0 Å². The third-order valence-corrected chi connectivity index (χ3v) is 4.10. The van der Waals surface area contributed by atoms with Gasteiger partial charge < -0.3 is 9.84 Å². The van der Waals surface area contributed by atoms with Gasteiger partial charge in [-0.05, 0) is 26.7 Å². The average molecular weight is 266 g/mol. The van der Waals surface area contributed by atoms with Crippen LogP contribution in [-0.2, 0) is 14.3 Å². The number of allylic oxidation sites excluding steroid dienone is 2. The maximum absolute atomic E-state index is 12.4. The Hall–Kier alpha value is -1.58. The minimum atomic E-state index is -1.29. The summed E-state index contributed by atoms with van der Waals surface area (Å²) in [6, 6.07) is 0. The van der Waals surface area contributed by atoms with Crippen molar-refractivity contribution >= 4 is 11.9 Å². The highest BCUT2D eigenvalue weighted by Crippen LogP contribution is 2.45. The Bertz CT molecular complexity index is 420. The Morgan fingerprint density at radius 2 is 1.58 bits per heavy atom. The first-order valence-corrected chi connectivity index (χ1v) is 6.63. The lowest BCUT2D eigenvalue weighted by molar-refractivity contribution is -0.171.